The van der Waals surface area contributed by atoms with Crippen molar-refractivity contribution in [3.8, 4) is 0 Å². The molecule has 1 saturated carbocycles. The number of nitrogens with zero attached hydrogens (tertiary/aromatic N) is 2. The summed E-state index contributed by atoms with van der Waals surface area (Å²) in [4.78, 5) is 32.8. The van der Waals surface area contributed by atoms with Crippen molar-refractivity contribution >= 4 is 45.3 Å². The smallest absolute Gasteiger partial charge is 0.321 e. The van der Waals surface area contributed by atoms with Gasteiger partial charge in [-0.05, 0) is 24.3 Å². The molecule has 8 heteroatoms. The molecule has 1 aliphatic carbocycles. The Hall–Kier alpha value is -1.67. The standard InChI is InChI=1S/C14H16N4O2S2/c19-11(18-14(20)17-9-3-1-2-4-9)7-22-13-10-5-6-21-12(10)15-8-16-13/h5-6,8-9H,1-4,7H2,(H2,17,18,19,20). The van der Waals surface area contributed by atoms with Gasteiger partial charge in [0.25, 0.3) is 0 Å². The van der Waals surface area contributed by atoms with Gasteiger partial charge in [0.2, 0.25) is 5.91 Å². The minimum atomic E-state index is -0.402. The zero-order valence-corrected chi connectivity index (χ0v) is 13.5. The molecule has 1 aliphatic rings. The minimum absolute atomic E-state index is 0.153. The fourth-order valence-electron chi connectivity index (χ4n) is 2.47. The molecule has 0 atom stereocenters. The lowest BCUT2D eigenvalue weighted by molar-refractivity contribution is -0.117. The largest absolute Gasteiger partial charge is 0.335 e. The lowest BCUT2D eigenvalue weighted by atomic mass is 10.2. The number of nitrogens with one attached hydrogen (secondary N) is 2. The van der Waals surface area contributed by atoms with Crippen LogP contribution in [0.25, 0.3) is 10.2 Å². The average molecular weight is 336 g/mol. The molecule has 0 aliphatic heterocycles. The third kappa shape index (κ3) is 3.75. The topological polar surface area (TPSA) is 84.0 Å². The summed E-state index contributed by atoms with van der Waals surface area (Å²) < 4.78 is 0. The molecule has 3 amide bonds. The van der Waals surface area contributed by atoms with Crippen molar-refractivity contribution in [3.05, 3.63) is 17.8 Å². The van der Waals surface area contributed by atoms with Crippen LogP contribution in [0.5, 0.6) is 0 Å². The molecular weight excluding hydrogens is 320 g/mol. The maximum absolute atomic E-state index is 11.8. The van der Waals surface area contributed by atoms with Crippen LogP contribution in [-0.2, 0) is 4.79 Å². The second-order valence-corrected chi connectivity index (χ2v) is 6.97. The van der Waals surface area contributed by atoms with E-state index in [4.69, 9.17) is 0 Å². The van der Waals surface area contributed by atoms with Crippen LogP contribution >= 0.6 is 23.1 Å². The van der Waals surface area contributed by atoms with E-state index in [1.54, 1.807) is 0 Å². The zero-order valence-electron chi connectivity index (χ0n) is 11.9. The molecule has 0 radical (unpaired) electrons. The number of thioether (sulfide) groups is 1. The summed E-state index contributed by atoms with van der Waals surface area (Å²) in [6.07, 6.45) is 5.75. The highest BCUT2D eigenvalue weighted by Crippen LogP contribution is 2.27. The highest BCUT2D eigenvalue weighted by Gasteiger charge is 2.18. The number of hydrogen-bond donors (Lipinski definition) is 2. The predicted molar refractivity (Wildman–Crippen MR) is 87.1 cm³/mol. The van der Waals surface area contributed by atoms with E-state index in [1.807, 2.05) is 11.4 Å². The Bertz CT molecular complexity index is 682. The molecule has 0 aromatic carbocycles. The fourth-order valence-corrected chi connectivity index (χ4v) is 4.05. The molecule has 2 aromatic heterocycles. The van der Waals surface area contributed by atoms with Gasteiger partial charge in [-0.25, -0.2) is 14.8 Å². The van der Waals surface area contributed by atoms with Crippen LogP contribution in [0.2, 0.25) is 0 Å². The molecular formula is C14H16N4O2S2. The maximum Gasteiger partial charge on any atom is 0.321 e. The van der Waals surface area contributed by atoms with Crippen molar-refractivity contribution in [2.75, 3.05) is 5.75 Å². The Kier molecular flexibility index (Phi) is 4.89. The molecule has 2 heterocycles. The van der Waals surface area contributed by atoms with Gasteiger partial charge in [-0.1, -0.05) is 24.6 Å². The first-order valence-corrected chi connectivity index (χ1v) is 9.00. The third-order valence-corrected chi connectivity index (χ3v) is 5.33. The third-order valence-electron chi connectivity index (χ3n) is 3.51. The van der Waals surface area contributed by atoms with Crippen molar-refractivity contribution in [2.45, 2.75) is 36.8 Å². The van der Waals surface area contributed by atoms with E-state index in [1.165, 1.54) is 29.4 Å². The van der Waals surface area contributed by atoms with E-state index in [0.717, 1.165) is 40.9 Å². The first-order chi connectivity index (χ1) is 10.7. The van der Waals surface area contributed by atoms with E-state index >= 15 is 0 Å². The summed E-state index contributed by atoms with van der Waals surface area (Å²) in [5.41, 5.74) is 0. The lowest BCUT2D eigenvalue weighted by Gasteiger charge is -2.12. The average Bonchev–Trinajstić information content (AvgIpc) is 3.15. The van der Waals surface area contributed by atoms with E-state index in [2.05, 4.69) is 20.6 Å². The van der Waals surface area contributed by atoms with E-state index < -0.39 is 6.03 Å². The summed E-state index contributed by atoms with van der Waals surface area (Å²) in [6.45, 7) is 0. The fraction of sp³-hybridized carbons (Fsp3) is 0.429. The predicted octanol–water partition coefficient (Wildman–Crippen LogP) is 2.55. The number of fused-ring (bicyclic) bond motifs is 1. The second kappa shape index (κ2) is 7.06. The molecule has 0 saturated heterocycles. The number of urea groups is 1. The molecule has 22 heavy (non-hydrogen) atoms. The van der Waals surface area contributed by atoms with Gasteiger partial charge in [0, 0.05) is 11.4 Å². The van der Waals surface area contributed by atoms with Gasteiger partial charge in [-0.2, -0.15) is 0 Å². The molecule has 1 fully saturated rings. The van der Waals surface area contributed by atoms with Crippen molar-refractivity contribution in [3.63, 3.8) is 0 Å². The summed E-state index contributed by atoms with van der Waals surface area (Å²) in [6, 6.07) is 1.74. The molecule has 2 N–H and O–H groups in total. The minimum Gasteiger partial charge on any atom is -0.335 e. The van der Waals surface area contributed by atoms with Crippen LogP contribution in [0.3, 0.4) is 0 Å². The van der Waals surface area contributed by atoms with Gasteiger partial charge in [0.1, 0.15) is 16.2 Å². The molecule has 116 valence electrons. The quantitative estimate of drug-likeness (QED) is 0.662. The summed E-state index contributed by atoms with van der Waals surface area (Å²) in [7, 11) is 0. The van der Waals surface area contributed by atoms with Gasteiger partial charge in [0.05, 0.1) is 5.75 Å². The molecule has 0 spiro atoms. The van der Waals surface area contributed by atoms with Gasteiger partial charge in [-0.15, -0.1) is 11.3 Å². The number of carbonyl (C=O) groups excluding carboxylic acids is 2. The Morgan fingerprint density at radius 3 is 2.95 bits per heavy atom. The van der Waals surface area contributed by atoms with Crippen LogP contribution in [0.4, 0.5) is 4.79 Å². The summed E-state index contributed by atoms with van der Waals surface area (Å²) >= 11 is 2.85. The first kappa shape index (κ1) is 15.2. The lowest BCUT2D eigenvalue weighted by Crippen LogP contribution is -2.44. The van der Waals surface area contributed by atoms with Crippen LogP contribution in [0, 0.1) is 0 Å². The first-order valence-electron chi connectivity index (χ1n) is 7.14. The van der Waals surface area contributed by atoms with Gasteiger partial charge >= 0.3 is 6.03 Å². The zero-order chi connectivity index (χ0) is 15.4. The van der Waals surface area contributed by atoms with Gasteiger partial charge < -0.3 is 5.32 Å². The van der Waals surface area contributed by atoms with E-state index in [0.29, 0.717) is 0 Å². The number of thiophene rings is 1. The highest BCUT2D eigenvalue weighted by molar-refractivity contribution is 8.00. The highest BCUT2D eigenvalue weighted by atomic mass is 32.2. The molecule has 0 unspecified atom stereocenters. The number of amides is 3. The van der Waals surface area contributed by atoms with Crippen LogP contribution in [0.1, 0.15) is 25.7 Å². The number of aromatic nitrogens is 2. The number of imide groups is 1. The monoisotopic (exact) mass is 336 g/mol. The van der Waals surface area contributed by atoms with E-state index in [-0.39, 0.29) is 17.7 Å². The van der Waals surface area contributed by atoms with Crippen molar-refractivity contribution in [1.82, 2.24) is 20.6 Å². The van der Waals surface area contributed by atoms with Gasteiger partial charge in [0.15, 0.2) is 0 Å². The van der Waals surface area contributed by atoms with Gasteiger partial charge in [-0.3, -0.25) is 10.1 Å². The van der Waals surface area contributed by atoms with E-state index in [9.17, 15) is 9.59 Å². The van der Waals surface area contributed by atoms with Crippen molar-refractivity contribution in [1.29, 1.82) is 0 Å². The number of carbonyl (C=O) groups is 2. The van der Waals surface area contributed by atoms with Crippen LogP contribution < -0.4 is 10.6 Å². The Morgan fingerprint density at radius 2 is 2.14 bits per heavy atom. The summed E-state index contributed by atoms with van der Waals surface area (Å²) in [5, 5.41) is 8.85. The van der Waals surface area contributed by atoms with Crippen molar-refractivity contribution < 1.29 is 9.59 Å². The normalized spacial score (nSPS) is 15.1. The number of rotatable bonds is 4. The second-order valence-electron chi connectivity index (χ2n) is 5.11. The maximum atomic E-state index is 11.8. The molecule has 6 nitrogen and oxygen atoms in total. The Labute approximate surface area is 136 Å². The van der Waals surface area contributed by atoms with Crippen molar-refractivity contribution in [2.24, 2.45) is 0 Å². The van der Waals surface area contributed by atoms with Crippen LogP contribution in [-0.4, -0.2) is 33.7 Å². The SMILES string of the molecule is O=C(CSc1ncnc2sccc12)NC(=O)NC1CCCC1. The molecule has 3 rings (SSSR count). The van der Waals surface area contributed by atoms with Crippen LogP contribution in [0.15, 0.2) is 22.8 Å². The Balaban J connectivity index is 1.49. The number of hydrogen-bond acceptors (Lipinski definition) is 6. The Morgan fingerprint density at radius 1 is 1.32 bits per heavy atom. The molecule has 0 bridgehead atoms. The molecule has 2 aromatic rings. The summed E-state index contributed by atoms with van der Waals surface area (Å²) in [5.74, 6) is -0.164.